The van der Waals surface area contributed by atoms with Crippen LogP contribution in [0, 0.1) is 5.82 Å². The highest BCUT2D eigenvalue weighted by atomic mass is 32.2. The number of nitrogens with zero attached hydrogens (tertiary/aromatic N) is 4. The minimum absolute atomic E-state index is 0.0195. The van der Waals surface area contributed by atoms with Gasteiger partial charge in [-0.25, -0.2) is 4.39 Å². The van der Waals surface area contributed by atoms with E-state index in [2.05, 4.69) is 10.2 Å². The van der Waals surface area contributed by atoms with Crippen molar-refractivity contribution in [2.45, 2.75) is 29.3 Å². The van der Waals surface area contributed by atoms with Crippen LogP contribution in [0.2, 0.25) is 0 Å². The van der Waals surface area contributed by atoms with E-state index in [1.807, 2.05) is 34.9 Å². The quantitative estimate of drug-likeness (QED) is 0.582. The fourth-order valence-electron chi connectivity index (χ4n) is 3.07. The number of hydrogen-bond acceptors (Lipinski definition) is 4. The fraction of sp³-hybridized carbons (Fsp3) is 0.286. The van der Waals surface area contributed by atoms with Gasteiger partial charge >= 0.3 is 0 Å². The number of thioether (sulfide) groups is 1. The topological polar surface area (TPSA) is 51.0 Å². The summed E-state index contributed by atoms with van der Waals surface area (Å²) in [5, 5.41) is 8.83. The summed E-state index contributed by atoms with van der Waals surface area (Å²) in [4.78, 5) is 14.4. The summed E-state index contributed by atoms with van der Waals surface area (Å²) >= 11 is 1.37. The largest absolute Gasteiger partial charge is 0.348 e. The normalized spacial score (nSPS) is 14.7. The van der Waals surface area contributed by atoms with Crippen LogP contribution >= 0.6 is 11.8 Å². The monoisotopic (exact) mass is 396 g/mol. The van der Waals surface area contributed by atoms with Crippen molar-refractivity contribution in [2.24, 2.45) is 0 Å². The first-order chi connectivity index (χ1) is 13.6. The van der Waals surface area contributed by atoms with Gasteiger partial charge in [-0.05, 0) is 30.5 Å². The number of halogens is 1. The van der Waals surface area contributed by atoms with Gasteiger partial charge in [-0.15, -0.1) is 10.2 Å². The van der Waals surface area contributed by atoms with E-state index in [-0.39, 0.29) is 17.8 Å². The molecule has 7 heteroatoms. The molecule has 2 aromatic carbocycles. The summed E-state index contributed by atoms with van der Waals surface area (Å²) in [5.41, 5.74) is 1.34. The SMILES string of the molecule is CN(C)C(=O)[C@H](Sc1nnc(-c2ccccc2F)n1C1CC1)c1ccccc1. The third-order valence-electron chi connectivity index (χ3n) is 4.68. The minimum atomic E-state index is -0.439. The Hall–Kier alpha value is -2.67. The number of rotatable bonds is 6. The molecule has 1 aromatic heterocycles. The Labute approximate surface area is 167 Å². The second kappa shape index (κ2) is 7.75. The molecule has 1 aliphatic carbocycles. The molecule has 1 heterocycles. The van der Waals surface area contributed by atoms with Crippen LogP contribution in [0.5, 0.6) is 0 Å². The summed E-state index contributed by atoms with van der Waals surface area (Å²) in [6, 6.07) is 16.5. The Kier molecular flexibility index (Phi) is 5.17. The molecule has 0 unspecified atom stereocenters. The van der Waals surface area contributed by atoms with Crippen molar-refractivity contribution in [3.63, 3.8) is 0 Å². The summed E-state index contributed by atoms with van der Waals surface area (Å²) < 4.78 is 16.3. The standard InChI is InChI=1S/C21H21FN4OS/c1-25(2)20(27)18(14-8-4-3-5-9-14)28-21-24-23-19(26(21)15-12-13-15)16-10-6-7-11-17(16)22/h3-11,15,18H,12-13H2,1-2H3/t18-/m1/s1. The molecule has 1 aliphatic rings. The molecule has 1 saturated carbocycles. The van der Waals surface area contributed by atoms with Gasteiger partial charge in [-0.3, -0.25) is 9.36 Å². The van der Waals surface area contributed by atoms with E-state index in [4.69, 9.17) is 0 Å². The molecule has 5 nitrogen and oxygen atoms in total. The third-order valence-corrected chi connectivity index (χ3v) is 5.88. The molecule has 3 aromatic rings. The van der Waals surface area contributed by atoms with Crippen molar-refractivity contribution < 1.29 is 9.18 Å². The van der Waals surface area contributed by atoms with E-state index in [9.17, 15) is 9.18 Å². The molecule has 1 atom stereocenters. The Morgan fingerprint density at radius 3 is 2.43 bits per heavy atom. The van der Waals surface area contributed by atoms with E-state index in [0.717, 1.165) is 18.4 Å². The highest BCUT2D eigenvalue weighted by Gasteiger charge is 2.33. The van der Waals surface area contributed by atoms with Crippen molar-refractivity contribution in [3.05, 3.63) is 66.0 Å². The maximum atomic E-state index is 14.4. The predicted octanol–water partition coefficient (Wildman–Crippen LogP) is 4.34. The van der Waals surface area contributed by atoms with Crippen molar-refractivity contribution in [2.75, 3.05) is 14.1 Å². The van der Waals surface area contributed by atoms with Gasteiger partial charge in [0.25, 0.3) is 0 Å². The van der Waals surface area contributed by atoms with Crippen LogP contribution in [0.4, 0.5) is 4.39 Å². The second-order valence-electron chi connectivity index (χ2n) is 7.03. The smallest absolute Gasteiger partial charge is 0.240 e. The van der Waals surface area contributed by atoms with Crippen LogP contribution in [-0.2, 0) is 4.79 Å². The van der Waals surface area contributed by atoms with E-state index in [1.54, 1.807) is 37.2 Å². The summed E-state index contributed by atoms with van der Waals surface area (Å²) in [5.74, 6) is 0.179. The lowest BCUT2D eigenvalue weighted by Crippen LogP contribution is -2.27. The number of benzene rings is 2. The molecule has 4 rings (SSSR count). The van der Waals surface area contributed by atoms with Crippen molar-refractivity contribution in [3.8, 4) is 11.4 Å². The predicted molar refractivity (Wildman–Crippen MR) is 107 cm³/mol. The van der Waals surface area contributed by atoms with E-state index < -0.39 is 5.25 Å². The molecule has 1 amide bonds. The van der Waals surface area contributed by atoms with Crippen LogP contribution in [-0.4, -0.2) is 39.7 Å². The van der Waals surface area contributed by atoms with Crippen LogP contribution in [0.25, 0.3) is 11.4 Å². The lowest BCUT2D eigenvalue weighted by atomic mass is 10.1. The maximum Gasteiger partial charge on any atom is 0.240 e. The first-order valence-electron chi connectivity index (χ1n) is 9.19. The lowest BCUT2D eigenvalue weighted by Gasteiger charge is -2.20. The first-order valence-corrected chi connectivity index (χ1v) is 10.1. The minimum Gasteiger partial charge on any atom is -0.348 e. The molecular formula is C21H21FN4OS. The highest BCUT2D eigenvalue weighted by molar-refractivity contribution is 8.00. The Morgan fingerprint density at radius 2 is 1.79 bits per heavy atom. The van der Waals surface area contributed by atoms with Gasteiger partial charge < -0.3 is 4.90 Å². The van der Waals surface area contributed by atoms with Crippen molar-refractivity contribution >= 4 is 17.7 Å². The number of aromatic nitrogens is 3. The summed E-state index contributed by atoms with van der Waals surface area (Å²) in [7, 11) is 3.49. The molecule has 0 spiro atoms. The van der Waals surface area contributed by atoms with Crippen LogP contribution < -0.4 is 0 Å². The molecule has 0 saturated heterocycles. The zero-order valence-corrected chi connectivity index (χ0v) is 16.6. The lowest BCUT2D eigenvalue weighted by molar-refractivity contribution is -0.128. The van der Waals surface area contributed by atoms with E-state index in [1.165, 1.54) is 17.8 Å². The Balaban J connectivity index is 1.74. The van der Waals surface area contributed by atoms with Gasteiger partial charge in [0.2, 0.25) is 5.91 Å². The molecule has 0 aliphatic heterocycles. The average Bonchev–Trinajstić information content (AvgIpc) is 3.46. The molecule has 0 N–H and O–H groups in total. The summed E-state index contributed by atoms with van der Waals surface area (Å²) in [6.07, 6.45) is 2.01. The van der Waals surface area contributed by atoms with Crippen LogP contribution in [0.1, 0.15) is 29.7 Å². The van der Waals surface area contributed by atoms with Crippen molar-refractivity contribution in [1.82, 2.24) is 19.7 Å². The number of likely N-dealkylation sites (N-methyl/N-ethyl adjacent to an activating group) is 1. The molecule has 1 fully saturated rings. The molecule has 28 heavy (non-hydrogen) atoms. The van der Waals surface area contributed by atoms with Gasteiger partial charge in [0.15, 0.2) is 11.0 Å². The fourth-order valence-corrected chi connectivity index (χ4v) is 4.33. The molecule has 0 bridgehead atoms. The Morgan fingerprint density at radius 1 is 1.11 bits per heavy atom. The van der Waals surface area contributed by atoms with Gasteiger partial charge in [-0.1, -0.05) is 54.2 Å². The number of carbonyl (C=O) groups excluding carboxylic acids is 1. The van der Waals surface area contributed by atoms with E-state index >= 15 is 0 Å². The van der Waals surface area contributed by atoms with Gasteiger partial charge in [0, 0.05) is 20.1 Å². The van der Waals surface area contributed by atoms with E-state index in [0.29, 0.717) is 16.5 Å². The van der Waals surface area contributed by atoms with Crippen LogP contribution in [0.3, 0.4) is 0 Å². The van der Waals surface area contributed by atoms with Gasteiger partial charge in [0.05, 0.1) is 5.56 Å². The number of hydrogen-bond donors (Lipinski definition) is 0. The zero-order valence-electron chi connectivity index (χ0n) is 15.7. The van der Waals surface area contributed by atoms with Crippen molar-refractivity contribution in [1.29, 1.82) is 0 Å². The highest BCUT2D eigenvalue weighted by Crippen LogP contribution is 2.44. The van der Waals surface area contributed by atoms with Crippen LogP contribution in [0.15, 0.2) is 59.8 Å². The average molecular weight is 396 g/mol. The zero-order chi connectivity index (χ0) is 19.7. The molecule has 0 radical (unpaired) electrons. The second-order valence-corrected chi connectivity index (χ2v) is 8.10. The third kappa shape index (κ3) is 3.67. The molecular weight excluding hydrogens is 375 g/mol. The first kappa shape index (κ1) is 18.7. The molecule has 144 valence electrons. The number of amides is 1. The maximum absolute atomic E-state index is 14.4. The van der Waals surface area contributed by atoms with Gasteiger partial charge in [0.1, 0.15) is 11.1 Å². The Bertz CT molecular complexity index is 985. The van der Waals surface area contributed by atoms with Gasteiger partial charge in [-0.2, -0.15) is 0 Å². The summed E-state index contributed by atoms with van der Waals surface area (Å²) in [6.45, 7) is 0. The number of carbonyl (C=O) groups is 1.